The summed E-state index contributed by atoms with van der Waals surface area (Å²) in [6.45, 7) is 6.79. The van der Waals surface area contributed by atoms with Crippen LogP contribution < -0.4 is 0 Å². The molecular formula is C27H36N4O2. The highest BCUT2D eigenvalue weighted by Crippen LogP contribution is 2.66. The maximum Gasteiger partial charge on any atom is 0.163 e. The van der Waals surface area contributed by atoms with Gasteiger partial charge in [0, 0.05) is 12.0 Å². The first kappa shape index (κ1) is 22.6. The van der Waals surface area contributed by atoms with Crippen molar-refractivity contribution < 1.29 is 9.90 Å². The summed E-state index contributed by atoms with van der Waals surface area (Å²) in [5, 5.41) is 33.3. The lowest BCUT2D eigenvalue weighted by molar-refractivity contribution is -0.133. The van der Waals surface area contributed by atoms with Crippen LogP contribution in [0.2, 0.25) is 0 Å². The van der Waals surface area contributed by atoms with Crippen molar-refractivity contribution in [3.05, 3.63) is 17.5 Å². The van der Waals surface area contributed by atoms with Crippen LogP contribution >= 0.6 is 0 Å². The predicted octanol–water partition coefficient (Wildman–Crippen LogP) is 4.46. The zero-order valence-electron chi connectivity index (χ0n) is 20.1. The number of hydrogen-bond acceptors (Lipinski definition) is 5. The van der Waals surface area contributed by atoms with E-state index in [0.29, 0.717) is 23.7 Å². The molecule has 1 heterocycles. The number of nitriles is 2. The summed E-state index contributed by atoms with van der Waals surface area (Å²) in [4.78, 5) is 13.6. The summed E-state index contributed by atoms with van der Waals surface area (Å²) >= 11 is 0. The van der Waals surface area contributed by atoms with E-state index in [2.05, 4.69) is 25.0 Å². The van der Waals surface area contributed by atoms with Gasteiger partial charge in [-0.15, -0.1) is 0 Å². The molecule has 0 aliphatic heterocycles. The molecule has 0 amide bonds. The molecule has 0 saturated heterocycles. The van der Waals surface area contributed by atoms with E-state index < -0.39 is 5.60 Å². The Morgan fingerprint density at radius 1 is 1.15 bits per heavy atom. The van der Waals surface area contributed by atoms with Gasteiger partial charge < -0.3 is 5.11 Å². The number of ketones is 1. The predicted molar refractivity (Wildman–Crippen MR) is 122 cm³/mol. The summed E-state index contributed by atoms with van der Waals surface area (Å²) in [5.74, 6) is 4.06. The fraction of sp³-hybridized carbons (Fsp3) is 0.778. The van der Waals surface area contributed by atoms with Gasteiger partial charge in [-0.1, -0.05) is 13.8 Å². The molecule has 4 fully saturated rings. The van der Waals surface area contributed by atoms with Crippen LogP contribution in [0.3, 0.4) is 0 Å². The van der Waals surface area contributed by atoms with E-state index in [-0.39, 0.29) is 35.0 Å². The van der Waals surface area contributed by atoms with Gasteiger partial charge in [-0.05, 0) is 99.2 Å². The summed E-state index contributed by atoms with van der Waals surface area (Å²) in [7, 11) is 0. The fourth-order valence-corrected chi connectivity index (χ4v) is 9.06. The minimum Gasteiger partial charge on any atom is -0.390 e. The molecule has 1 N–H and O–H groups in total. The minimum atomic E-state index is -0.491. The van der Waals surface area contributed by atoms with Crippen molar-refractivity contribution >= 4 is 5.78 Å². The van der Waals surface area contributed by atoms with E-state index in [9.17, 15) is 15.2 Å². The third kappa shape index (κ3) is 3.62. The first-order valence-corrected chi connectivity index (χ1v) is 12.8. The Labute approximate surface area is 197 Å². The first-order chi connectivity index (χ1) is 15.7. The Balaban J connectivity index is 1.36. The zero-order valence-corrected chi connectivity index (χ0v) is 20.1. The highest BCUT2D eigenvalue weighted by molar-refractivity contribution is 5.82. The number of nitrogens with zero attached hydrogens (tertiary/aromatic N) is 4. The number of hydrogen-bond donors (Lipinski definition) is 1. The van der Waals surface area contributed by atoms with E-state index in [0.717, 1.165) is 43.9 Å². The topological polar surface area (TPSA) is 103 Å². The van der Waals surface area contributed by atoms with Crippen molar-refractivity contribution in [2.75, 3.05) is 0 Å². The Kier molecular flexibility index (Phi) is 5.44. The monoisotopic (exact) mass is 448 g/mol. The molecule has 4 aliphatic carbocycles. The van der Waals surface area contributed by atoms with Gasteiger partial charge in [-0.3, -0.25) is 4.79 Å². The van der Waals surface area contributed by atoms with Crippen molar-refractivity contribution in [2.24, 2.45) is 46.8 Å². The van der Waals surface area contributed by atoms with Gasteiger partial charge in [0.1, 0.15) is 24.4 Å². The van der Waals surface area contributed by atoms with Gasteiger partial charge >= 0.3 is 0 Å². The molecule has 9 atom stereocenters. The summed E-state index contributed by atoms with van der Waals surface area (Å²) < 4.78 is 1.42. The molecule has 4 saturated carbocycles. The third-order valence-electron chi connectivity index (χ3n) is 10.3. The molecule has 4 aliphatic rings. The van der Waals surface area contributed by atoms with Crippen molar-refractivity contribution in [1.29, 1.82) is 10.5 Å². The van der Waals surface area contributed by atoms with Crippen molar-refractivity contribution in [2.45, 2.75) is 84.3 Å². The highest BCUT2D eigenvalue weighted by atomic mass is 16.3. The van der Waals surface area contributed by atoms with E-state index in [1.54, 1.807) is 0 Å². The van der Waals surface area contributed by atoms with Crippen LogP contribution in [-0.4, -0.2) is 26.3 Å². The second-order valence-electron chi connectivity index (χ2n) is 12.2. The number of Topliss-reactive ketones (excluding diaryl/α,β-unsaturated/α-hetero) is 1. The number of fused-ring (bicyclic) bond motifs is 5. The van der Waals surface area contributed by atoms with Crippen LogP contribution in [0.4, 0.5) is 0 Å². The molecule has 0 bridgehead atoms. The minimum absolute atomic E-state index is 0.00266. The number of aromatic nitrogens is 2. The van der Waals surface area contributed by atoms with Crippen LogP contribution in [0.5, 0.6) is 0 Å². The molecule has 0 unspecified atom stereocenters. The Morgan fingerprint density at radius 2 is 1.91 bits per heavy atom. The molecule has 33 heavy (non-hydrogen) atoms. The van der Waals surface area contributed by atoms with Crippen LogP contribution in [0.1, 0.15) is 83.5 Å². The molecule has 0 aromatic carbocycles. The van der Waals surface area contributed by atoms with Gasteiger partial charge in [0.05, 0.1) is 5.60 Å². The first-order valence-electron chi connectivity index (χ1n) is 12.8. The lowest BCUT2D eigenvalue weighted by Crippen LogP contribution is -2.51. The maximum atomic E-state index is 13.6. The lowest BCUT2D eigenvalue weighted by atomic mass is 9.48. The Morgan fingerprint density at radius 3 is 2.64 bits per heavy atom. The second-order valence-corrected chi connectivity index (χ2v) is 12.2. The zero-order chi connectivity index (χ0) is 23.5. The van der Waals surface area contributed by atoms with Crippen molar-refractivity contribution in [3.8, 4) is 12.1 Å². The van der Waals surface area contributed by atoms with E-state index in [1.807, 2.05) is 13.0 Å². The average molecular weight is 449 g/mol. The molecule has 1 aromatic heterocycles. The van der Waals surface area contributed by atoms with Crippen LogP contribution in [0.15, 0.2) is 6.07 Å². The number of carbonyl (C=O) groups is 1. The van der Waals surface area contributed by atoms with Crippen LogP contribution in [0, 0.1) is 69.5 Å². The average Bonchev–Trinajstić information content (AvgIpc) is 3.29. The van der Waals surface area contributed by atoms with Gasteiger partial charge in [-0.2, -0.15) is 15.6 Å². The molecule has 0 spiro atoms. The quantitative estimate of drug-likeness (QED) is 0.735. The van der Waals surface area contributed by atoms with Crippen molar-refractivity contribution in [3.63, 3.8) is 0 Å². The normalized spacial score (nSPS) is 44.1. The number of aliphatic hydroxyl groups is 1. The van der Waals surface area contributed by atoms with E-state index >= 15 is 0 Å². The molecular weight excluding hydrogens is 412 g/mol. The molecule has 6 heteroatoms. The fourth-order valence-electron chi connectivity index (χ4n) is 9.06. The van der Waals surface area contributed by atoms with E-state index in [4.69, 9.17) is 5.26 Å². The molecule has 5 rings (SSSR count). The smallest absolute Gasteiger partial charge is 0.163 e. The second kappa shape index (κ2) is 7.95. The Bertz CT molecular complexity index is 1030. The SMILES string of the molecule is C[C@@H]1C[C@H](C(=O)Cn2nc(C#N)cc2C#N)[C@@]2(C)CC[C@H]3[C@@H](CC[C@@H]4C[C@](C)(O)CC[C@@H]43)[C@H]12. The molecule has 6 nitrogen and oxygen atoms in total. The number of rotatable bonds is 3. The maximum absolute atomic E-state index is 13.6. The van der Waals surface area contributed by atoms with Crippen molar-refractivity contribution in [1.82, 2.24) is 9.78 Å². The summed E-state index contributed by atoms with van der Waals surface area (Å²) in [6.07, 6.45) is 8.68. The third-order valence-corrected chi connectivity index (χ3v) is 10.3. The van der Waals surface area contributed by atoms with Crippen LogP contribution in [-0.2, 0) is 11.3 Å². The molecule has 176 valence electrons. The summed E-state index contributed by atoms with van der Waals surface area (Å²) in [6, 6.07) is 5.50. The lowest BCUT2D eigenvalue weighted by Gasteiger charge is -2.57. The van der Waals surface area contributed by atoms with Crippen LogP contribution in [0.25, 0.3) is 0 Å². The molecule has 0 radical (unpaired) electrons. The van der Waals surface area contributed by atoms with Gasteiger partial charge in [0.25, 0.3) is 0 Å². The molecule has 1 aromatic rings. The Hall–Kier alpha value is -2.18. The largest absolute Gasteiger partial charge is 0.390 e. The highest BCUT2D eigenvalue weighted by Gasteiger charge is 2.61. The summed E-state index contributed by atoms with van der Waals surface area (Å²) in [5.41, 5.74) is -0.0205. The van der Waals surface area contributed by atoms with Gasteiger partial charge in [0.15, 0.2) is 11.5 Å². The van der Waals surface area contributed by atoms with Gasteiger partial charge in [0.2, 0.25) is 0 Å². The standard InChI is InChI=1S/C27H36N4O2/c1-16-10-23(24(32)15-31-19(14-29)11-18(13-28)30-31)27(3)9-7-21-20-6-8-26(2,33)12-17(20)4-5-22(21)25(16)27/h11,16-17,20-23,25,33H,4-10,12,15H2,1-3H3/t16-,17-,20+,21-,22-,23-,25+,26-,27-/m1/s1. The van der Waals surface area contributed by atoms with E-state index in [1.165, 1.54) is 30.0 Å². The van der Waals surface area contributed by atoms with Gasteiger partial charge in [-0.25, -0.2) is 4.68 Å². The number of carbonyl (C=O) groups excluding carboxylic acids is 1.